The Bertz CT molecular complexity index is 364. The summed E-state index contributed by atoms with van der Waals surface area (Å²) in [4.78, 5) is 2.42. The molecule has 1 fully saturated rings. The largest absolute Gasteiger partial charge is 0.297 e. The third-order valence-electron chi connectivity index (χ3n) is 2.64. The fourth-order valence-corrected chi connectivity index (χ4v) is 2.75. The standard InChI is InChI=1S/C12H14N2S/c13-9-11-3-1-2-4-12(11)10-14-5-7-15-8-6-14/h1-4H,5-8,10H2. The van der Waals surface area contributed by atoms with Gasteiger partial charge in [-0.15, -0.1) is 0 Å². The van der Waals surface area contributed by atoms with E-state index in [4.69, 9.17) is 5.26 Å². The molecule has 1 aliphatic heterocycles. The first-order chi connectivity index (χ1) is 7.40. The van der Waals surface area contributed by atoms with Gasteiger partial charge >= 0.3 is 0 Å². The molecule has 0 saturated carbocycles. The van der Waals surface area contributed by atoms with Crippen LogP contribution in [0.4, 0.5) is 0 Å². The van der Waals surface area contributed by atoms with E-state index in [2.05, 4.69) is 17.0 Å². The van der Waals surface area contributed by atoms with Crippen LogP contribution in [0.2, 0.25) is 0 Å². The van der Waals surface area contributed by atoms with E-state index >= 15 is 0 Å². The van der Waals surface area contributed by atoms with Crippen molar-refractivity contribution in [2.75, 3.05) is 24.6 Å². The Hall–Kier alpha value is -0.980. The number of hydrogen-bond donors (Lipinski definition) is 0. The van der Waals surface area contributed by atoms with Crippen LogP contribution < -0.4 is 0 Å². The number of rotatable bonds is 2. The van der Waals surface area contributed by atoms with Crippen LogP contribution >= 0.6 is 11.8 Å². The molecule has 1 aromatic carbocycles. The van der Waals surface area contributed by atoms with Crippen molar-refractivity contribution in [1.29, 1.82) is 5.26 Å². The third-order valence-corrected chi connectivity index (χ3v) is 3.58. The summed E-state index contributed by atoms with van der Waals surface area (Å²) in [6.45, 7) is 3.21. The minimum absolute atomic E-state index is 0.815. The van der Waals surface area contributed by atoms with Gasteiger partial charge in [0.1, 0.15) is 0 Å². The lowest BCUT2D eigenvalue weighted by molar-refractivity contribution is 0.294. The van der Waals surface area contributed by atoms with E-state index in [-0.39, 0.29) is 0 Å². The molecular formula is C12H14N2S. The quantitative estimate of drug-likeness (QED) is 0.760. The first kappa shape index (κ1) is 10.5. The van der Waals surface area contributed by atoms with Crippen LogP contribution in [-0.4, -0.2) is 29.5 Å². The molecule has 78 valence electrons. The molecule has 0 aromatic heterocycles. The number of hydrogen-bond acceptors (Lipinski definition) is 3. The average molecular weight is 218 g/mol. The predicted molar refractivity (Wildman–Crippen MR) is 63.8 cm³/mol. The Kier molecular flexibility index (Phi) is 3.65. The second kappa shape index (κ2) is 5.20. The fraction of sp³-hybridized carbons (Fsp3) is 0.417. The van der Waals surface area contributed by atoms with E-state index in [1.165, 1.54) is 11.5 Å². The maximum absolute atomic E-state index is 8.98. The molecule has 0 radical (unpaired) electrons. The second-order valence-electron chi connectivity index (χ2n) is 3.66. The van der Waals surface area contributed by atoms with E-state index in [0.717, 1.165) is 30.8 Å². The summed E-state index contributed by atoms with van der Waals surface area (Å²) in [5, 5.41) is 8.98. The summed E-state index contributed by atoms with van der Waals surface area (Å²) < 4.78 is 0. The molecule has 2 rings (SSSR count). The molecule has 15 heavy (non-hydrogen) atoms. The summed E-state index contributed by atoms with van der Waals surface area (Å²) in [5.41, 5.74) is 1.97. The van der Waals surface area contributed by atoms with Crippen LogP contribution in [-0.2, 0) is 6.54 Å². The summed E-state index contributed by atoms with van der Waals surface area (Å²) in [6, 6.07) is 10.1. The van der Waals surface area contributed by atoms with Gasteiger partial charge in [0.2, 0.25) is 0 Å². The predicted octanol–water partition coefficient (Wildman–Crippen LogP) is 2.11. The number of nitrogens with zero attached hydrogens (tertiary/aromatic N) is 2. The van der Waals surface area contributed by atoms with Gasteiger partial charge in [0, 0.05) is 31.1 Å². The molecule has 2 nitrogen and oxygen atoms in total. The van der Waals surface area contributed by atoms with Crippen molar-refractivity contribution in [2.24, 2.45) is 0 Å². The van der Waals surface area contributed by atoms with Crippen molar-refractivity contribution >= 4 is 11.8 Å². The number of benzene rings is 1. The van der Waals surface area contributed by atoms with Gasteiger partial charge in [-0.1, -0.05) is 18.2 Å². The average Bonchev–Trinajstić information content (AvgIpc) is 2.31. The highest BCUT2D eigenvalue weighted by molar-refractivity contribution is 7.99. The lowest BCUT2D eigenvalue weighted by atomic mass is 10.1. The van der Waals surface area contributed by atoms with Crippen LogP contribution in [0.1, 0.15) is 11.1 Å². The van der Waals surface area contributed by atoms with Crippen LogP contribution in [0, 0.1) is 11.3 Å². The zero-order valence-electron chi connectivity index (χ0n) is 8.65. The van der Waals surface area contributed by atoms with Gasteiger partial charge in [0.25, 0.3) is 0 Å². The molecule has 0 aliphatic carbocycles. The zero-order chi connectivity index (χ0) is 10.5. The Balaban J connectivity index is 2.06. The van der Waals surface area contributed by atoms with Crippen molar-refractivity contribution < 1.29 is 0 Å². The van der Waals surface area contributed by atoms with Crippen LogP contribution in [0.15, 0.2) is 24.3 Å². The van der Waals surface area contributed by atoms with Gasteiger partial charge in [-0.2, -0.15) is 17.0 Å². The lowest BCUT2D eigenvalue weighted by Crippen LogP contribution is -2.32. The van der Waals surface area contributed by atoms with Crippen LogP contribution in [0.5, 0.6) is 0 Å². The molecule has 1 heterocycles. The topological polar surface area (TPSA) is 27.0 Å². The number of nitriles is 1. The maximum atomic E-state index is 8.98. The van der Waals surface area contributed by atoms with Gasteiger partial charge < -0.3 is 0 Å². The van der Waals surface area contributed by atoms with Crippen LogP contribution in [0.25, 0.3) is 0 Å². The van der Waals surface area contributed by atoms with Crippen molar-refractivity contribution in [3.05, 3.63) is 35.4 Å². The molecule has 3 heteroatoms. The summed E-state index contributed by atoms with van der Waals surface area (Å²) in [6.07, 6.45) is 0. The van der Waals surface area contributed by atoms with Crippen LogP contribution in [0.3, 0.4) is 0 Å². The minimum atomic E-state index is 0.815. The molecule has 0 atom stereocenters. The Morgan fingerprint density at radius 3 is 2.73 bits per heavy atom. The Labute approximate surface area is 94.9 Å². The highest BCUT2D eigenvalue weighted by Gasteiger charge is 2.12. The van der Waals surface area contributed by atoms with E-state index in [1.807, 2.05) is 30.0 Å². The van der Waals surface area contributed by atoms with Crippen molar-refractivity contribution in [1.82, 2.24) is 4.90 Å². The van der Waals surface area contributed by atoms with Crippen molar-refractivity contribution in [3.8, 4) is 6.07 Å². The molecule has 0 bridgehead atoms. The molecule has 0 unspecified atom stereocenters. The van der Waals surface area contributed by atoms with Gasteiger partial charge in [0.15, 0.2) is 0 Å². The molecule has 0 N–H and O–H groups in total. The van der Waals surface area contributed by atoms with Gasteiger partial charge in [-0.25, -0.2) is 0 Å². The first-order valence-corrected chi connectivity index (χ1v) is 6.34. The van der Waals surface area contributed by atoms with Gasteiger partial charge in [-0.05, 0) is 11.6 Å². The Morgan fingerprint density at radius 1 is 1.27 bits per heavy atom. The maximum Gasteiger partial charge on any atom is 0.0995 e. The lowest BCUT2D eigenvalue weighted by Gasteiger charge is -2.26. The minimum Gasteiger partial charge on any atom is -0.297 e. The Morgan fingerprint density at radius 2 is 2.00 bits per heavy atom. The van der Waals surface area contributed by atoms with E-state index in [0.29, 0.717) is 0 Å². The van der Waals surface area contributed by atoms with E-state index in [1.54, 1.807) is 0 Å². The third kappa shape index (κ3) is 2.74. The second-order valence-corrected chi connectivity index (χ2v) is 4.88. The molecule has 1 aromatic rings. The molecule has 0 spiro atoms. The monoisotopic (exact) mass is 218 g/mol. The molecule has 1 saturated heterocycles. The highest BCUT2D eigenvalue weighted by atomic mass is 32.2. The van der Waals surface area contributed by atoms with E-state index < -0.39 is 0 Å². The normalized spacial score (nSPS) is 17.3. The fourth-order valence-electron chi connectivity index (χ4n) is 1.77. The molecule has 1 aliphatic rings. The summed E-state index contributed by atoms with van der Waals surface area (Å²) in [5.74, 6) is 2.43. The van der Waals surface area contributed by atoms with Gasteiger partial charge in [0.05, 0.1) is 11.6 Å². The summed E-state index contributed by atoms with van der Waals surface area (Å²) >= 11 is 2.01. The zero-order valence-corrected chi connectivity index (χ0v) is 9.46. The smallest absolute Gasteiger partial charge is 0.0995 e. The molecular weight excluding hydrogens is 204 g/mol. The summed E-state index contributed by atoms with van der Waals surface area (Å²) in [7, 11) is 0. The number of thioether (sulfide) groups is 1. The molecule has 0 amide bonds. The van der Waals surface area contributed by atoms with Gasteiger partial charge in [-0.3, -0.25) is 4.90 Å². The van der Waals surface area contributed by atoms with Crippen molar-refractivity contribution in [3.63, 3.8) is 0 Å². The first-order valence-electron chi connectivity index (χ1n) is 5.18. The van der Waals surface area contributed by atoms with E-state index in [9.17, 15) is 0 Å². The van der Waals surface area contributed by atoms with Crippen molar-refractivity contribution in [2.45, 2.75) is 6.54 Å². The highest BCUT2D eigenvalue weighted by Crippen LogP contribution is 2.15. The SMILES string of the molecule is N#Cc1ccccc1CN1CCSCC1.